The highest BCUT2D eigenvalue weighted by Crippen LogP contribution is 2.46. The molecule has 88 valence electrons. The molecule has 2 unspecified atom stereocenters. The van der Waals surface area contributed by atoms with Crippen LogP contribution < -0.4 is 0 Å². The number of carbonyl (C=O) groups is 2. The summed E-state index contributed by atoms with van der Waals surface area (Å²) in [5, 5.41) is 9.06. The number of carboxylic acid groups (broad SMARTS) is 1. The van der Waals surface area contributed by atoms with Gasteiger partial charge in [-0.25, -0.2) is 4.79 Å². The van der Waals surface area contributed by atoms with Gasteiger partial charge >= 0.3 is 5.97 Å². The summed E-state index contributed by atoms with van der Waals surface area (Å²) in [5.41, 5.74) is 1.01. The highest BCUT2D eigenvalue weighted by molar-refractivity contribution is 5.90. The van der Waals surface area contributed by atoms with Crippen LogP contribution in [0.3, 0.4) is 0 Å². The van der Waals surface area contributed by atoms with Gasteiger partial charge in [-0.05, 0) is 24.0 Å². The second kappa shape index (κ2) is 3.58. The van der Waals surface area contributed by atoms with Crippen molar-refractivity contribution >= 4 is 11.9 Å². The maximum absolute atomic E-state index is 11.8. The Morgan fingerprint density at radius 1 is 1.41 bits per heavy atom. The van der Waals surface area contributed by atoms with E-state index in [0.717, 1.165) is 18.5 Å². The number of piperidine rings is 1. The van der Waals surface area contributed by atoms with Crippen LogP contribution in [0.15, 0.2) is 24.3 Å². The molecule has 3 rings (SSSR count). The van der Waals surface area contributed by atoms with Gasteiger partial charge in [0.1, 0.15) is 0 Å². The molecule has 2 aliphatic rings. The quantitative estimate of drug-likeness (QED) is 0.854. The van der Waals surface area contributed by atoms with Crippen LogP contribution in [-0.2, 0) is 11.3 Å². The highest BCUT2D eigenvalue weighted by atomic mass is 16.4. The maximum atomic E-state index is 11.8. The number of aromatic carboxylic acids is 1. The smallest absolute Gasteiger partial charge is 0.336 e. The molecule has 2 atom stereocenters. The molecule has 1 amide bonds. The van der Waals surface area contributed by atoms with E-state index in [4.69, 9.17) is 5.11 Å². The van der Waals surface area contributed by atoms with Crippen LogP contribution in [0, 0.1) is 11.8 Å². The largest absolute Gasteiger partial charge is 0.478 e. The molecule has 4 heteroatoms. The number of nitrogens with zero attached hydrogens (tertiary/aromatic N) is 1. The fourth-order valence-electron chi connectivity index (χ4n) is 2.57. The molecular weight excluding hydrogens is 218 g/mol. The molecule has 1 heterocycles. The lowest BCUT2D eigenvalue weighted by molar-refractivity contribution is -0.130. The van der Waals surface area contributed by atoms with Crippen LogP contribution >= 0.6 is 0 Å². The minimum absolute atomic E-state index is 0.190. The first-order valence-corrected chi connectivity index (χ1v) is 5.77. The third-order valence-corrected chi connectivity index (χ3v) is 3.62. The molecule has 1 saturated carbocycles. The predicted molar refractivity (Wildman–Crippen MR) is 60.4 cm³/mol. The van der Waals surface area contributed by atoms with Crippen molar-refractivity contribution in [2.24, 2.45) is 11.8 Å². The monoisotopic (exact) mass is 231 g/mol. The number of rotatable bonds is 3. The number of fused-ring (bicyclic) bond motifs is 1. The van der Waals surface area contributed by atoms with Gasteiger partial charge in [-0.15, -0.1) is 0 Å². The molecule has 1 aromatic carbocycles. The molecule has 2 fully saturated rings. The molecule has 0 spiro atoms. The molecule has 4 nitrogen and oxygen atoms in total. The normalized spacial score (nSPS) is 25.9. The molecule has 0 radical (unpaired) electrons. The van der Waals surface area contributed by atoms with Gasteiger partial charge in [0.2, 0.25) is 5.91 Å². The van der Waals surface area contributed by atoms with E-state index < -0.39 is 5.97 Å². The van der Waals surface area contributed by atoms with Crippen LogP contribution in [0.25, 0.3) is 0 Å². The Labute approximate surface area is 98.9 Å². The van der Waals surface area contributed by atoms with Gasteiger partial charge in [-0.2, -0.15) is 0 Å². The van der Waals surface area contributed by atoms with Crippen LogP contribution in [0.1, 0.15) is 22.3 Å². The Kier molecular flexibility index (Phi) is 2.18. The Morgan fingerprint density at radius 3 is 2.82 bits per heavy atom. The van der Waals surface area contributed by atoms with Crippen molar-refractivity contribution in [2.75, 3.05) is 6.54 Å². The number of benzene rings is 1. The average molecular weight is 231 g/mol. The lowest BCUT2D eigenvalue weighted by Crippen LogP contribution is -2.28. The minimum atomic E-state index is -0.933. The van der Waals surface area contributed by atoms with Crippen molar-refractivity contribution in [3.8, 4) is 0 Å². The topological polar surface area (TPSA) is 57.6 Å². The average Bonchev–Trinajstić information content (AvgIpc) is 3.01. The number of carboxylic acids is 1. The van der Waals surface area contributed by atoms with E-state index in [9.17, 15) is 9.59 Å². The Bertz CT molecular complexity index is 497. The van der Waals surface area contributed by atoms with Crippen molar-refractivity contribution in [3.63, 3.8) is 0 Å². The van der Waals surface area contributed by atoms with Crippen LogP contribution in [0.5, 0.6) is 0 Å². The summed E-state index contributed by atoms with van der Waals surface area (Å²) in [6.45, 7) is 1.21. The first-order chi connectivity index (χ1) is 8.16. The van der Waals surface area contributed by atoms with E-state index in [1.165, 1.54) is 0 Å². The highest BCUT2D eigenvalue weighted by Gasteiger charge is 2.51. The van der Waals surface area contributed by atoms with Crippen molar-refractivity contribution in [3.05, 3.63) is 35.4 Å². The summed E-state index contributed by atoms with van der Waals surface area (Å²) in [6, 6.07) is 6.87. The van der Waals surface area contributed by atoms with Gasteiger partial charge in [0, 0.05) is 19.0 Å². The van der Waals surface area contributed by atoms with E-state index in [0.29, 0.717) is 18.0 Å². The zero-order chi connectivity index (χ0) is 12.0. The second-order valence-electron chi connectivity index (χ2n) is 4.78. The third-order valence-electron chi connectivity index (χ3n) is 3.62. The van der Waals surface area contributed by atoms with Crippen molar-refractivity contribution < 1.29 is 14.7 Å². The first kappa shape index (κ1) is 10.3. The fraction of sp³-hybridized carbons (Fsp3) is 0.385. The predicted octanol–water partition coefficient (Wildman–Crippen LogP) is 1.36. The summed E-state index contributed by atoms with van der Waals surface area (Å²) < 4.78 is 0. The van der Waals surface area contributed by atoms with Gasteiger partial charge in [-0.1, -0.05) is 18.2 Å². The molecule has 1 N–H and O–H groups in total. The molecule has 1 aliphatic carbocycles. The standard InChI is InChI=1S/C13H13NO3/c15-12-11-5-9(11)7-14(12)6-8-3-1-2-4-10(8)13(16)17/h1-4,9,11H,5-7H2,(H,16,17). The summed E-state index contributed by atoms with van der Waals surface area (Å²) >= 11 is 0. The van der Waals surface area contributed by atoms with Crippen LogP contribution in [0.2, 0.25) is 0 Å². The number of carbonyl (C=O) groups excluding carboxylic acids is 1. The summed E-state index contributed by atoms with van der Waals surface area (Å²) in [5.74, 6) is 0.0130. The van der Waals surface area contributed by atoms with E-state index in [1.807, 2.05) is 6.07 Å². The molecule has 1 aromatic rings. The number of amides is 1. The number of hydrogen-bond acceptors (Lipinski definition) is 2. The first-order valence-electron chi connectivity index (χ1n) is 5.77. The second-order valence-corrected chi connectivity index (χ2v) is 4.78. The molecule has 0 bridgehead atoms. The van der Waals surface area contributed by atoms with Gasteiger partial charge in [0.25, 0.3) is 0 Å². The van der Waals surface area contributed by atoms with Crippen LogP contribution in [-0.4, -0.2) is 28.4 Å². The molecule has 17 heavy (non-hydrogen) atoms. The molecule has 1 aliphatic heterocycles. The summed E-state index contributed by atoms with van der Waals surface area (Å²) in [6.07, 6.45) is 1.02. The zero-order valence-electron chi connectivity index (χ0n) is 9.30. The summed E-state index contributed by atoms with van der Waals surface area (Å²) in [4.78, 5) is 24.6. The minimum Gasteiger partial charge on any atom is -0.478 e. The van der Waals surface area contributed by atoms with Gasteiger partial charge in [-0.3, -0.25) is 4.79 Å². The number of likely N-dealkylation sites (tertiary alicyclic amines) is 1. The molecular formula is C13H13NO3. The van der Waals surface area contributed by atoms with Gasteiger partial charge < -0.3 is 10.0 Å². The van der Waals surface area contributed by atoms with Crippen molar-refractivity contribution in [1.29, 1.82) is 0 Å². The van der Waals surface area contributed by atoms with E-state index in [-0.39, 0.29) is 11.8 Å². The van der Waals surface area contributed by atoms with Crippen LogP contribution in [0.4, 0.5) is 0 Å². The Morgan fingerprint density at radius 2 is 2.18 bits per heavy atom. The van der Waals surface area contributed by atoms with E-state index in [1.54, 1.807) is 23.1 Å². The third kappa shape index (κ3) is 1.69. The van der Waals surface area contributed by atoms with Crippen molar-refractivity contribution in [2.45, 2.75) is 13.0 Å². The van der Waals surface area contributed by atoms with E-state index >= 15 is 0 Å². The SMILES string of the molecule is O=C(O)c1ccccc1CN1CC2CC2C1=O. The fourth-order valence-corrected chi connectivity index (χ4v) is 2.57. The lowest BCUT2D eigenvalue weighted by atomic mass is 10.1. The Balaban J connectivity index is 1.81. The van der Waals surface area contributed by atoms with Gasteiger partial charge in [0.15, 0.2) is 0 Å². The van der Waals surface area contributed by atoms with E-state index in [2.05, 4.69) is 0 Å². The molecule has 1 saturated heterocycles. The Hall–Kier alpha value is -1.84. The zero-order valence-corrected chi connectivity index (χ0v) is 9.30. The van der Waals surface area contributed by atoms with Crippen molar-refractivity contribution in [1.82, 2.24) is 4.90 Å². The molecule has 0 aromatic heterocycles. The van der Waals surface area contributed by atoms with Gasteiger partial charge in [0.05, 0.1) is 5.56 Å². The summed E-state index contributed by atoms with van der Waals surface area (Å²) in [7, 11) is 0. The lowest BCUT2D eigenvalue weighted by Gasteiger charge is -2.19. The maximum Gasteiger partial charge on any atom is 0.336 e. The number of hydrogen-bond donors (Lipinski definition) is 1.